The Morgan fingerprint density at radius 1 is 1.31 bits per heavy atom. The zero-order valence-electron chi connectivity index (χ0n) is 17.5. The molecule has 0 unspecified atom stereocenters. The Bertz CT molecular complexity index is 740. The molecule has 29 heavy (non-hydrogen) atoms. The highest BCUT2D eigenvalue weighted by Crippen LogP contribution is 2.38. The van der Waals surface area contributed by atoms with Crippen LogP contribution in [-0.2, 0) is 14.9 Å². The van der Waals surface area contributed by atoms with Gasteiger partial charge in [0.25, 0.3) is 12.3 Å². The number of fused-ring (bicyclic) bond motifs is 1. The van der Waals surface area contributed by atoms with E-state index in [2.05, 4.69) is 10.4 Å². The van der Waals surface area contributed by atoms with Crippen molar-refractivity contribution >= 4 is 11.7 Å². The first-order valence-electron chi connectivity index (χ1n) is 10.8. The van der Waals surface area contributed by atoms with E-state index in [9.17, 15) is 13.6 Å². The third-order valence-corrected chi connectivity index (χ3v) is 6.48. The maximum atomic E-state index is 13.9. The normalized spacial score (nSPS) is 30.3. The van der Waals surface area contributed by atoms with Gasteiger partial charge in [0.2, 0.25) is 0 Å². The number of likely N-dealkylation sites (tertiary alicyclic amines) is 1. The number of anilines is 1. The van der Waals surface area contributed by atoms with Crippen LogP contribution in [0.3, 0.4) is 0 Å². The van der Waals surface area contributed by atoms with Crippen molar-refractivity contribution in [1.82, 2.24) is 14.7 Å². The Balaban J connectivity index is 1.51. The number of alkyl halides is 2. The molecule has 1 aromatic heterocycles. The molecule has 0 bridgehead atoms. The highest BCUT2D eigenvalue weighted by Gasteiger charge is 2.40. The van der Waals surface area contributed by atoms with Gasteiger partial charge in [-0.1, -0.05) is 20.8 Å². The molecule has 1 N–H and O–H groups in total. The fraction of sp³-hybridized carbons (Fsp3) is 0.810. The first kappa shape index (κ1) is 20.6. The summed E-state index contributed by atoms with van der Waals surface area (Å²) in [6.07, 6.45) is 1.06. The molecule has 0 saturated carbocycles. The van der Waals surface area contributed by atoms with Crippen LogP contribution in [0.1, 0.15) is 64.6 Å². The maximum Gasteiger partial charge on any atom is 0.260 e. The van der Waals surface area contributed by atoms with Crippen molar-refractivity contribution in [3.8, 4) is 0 Å². The molecule has 0 radical (unpaired) electrons. The Morgan fingerprint density at radius 3 is 2.76 bits per heavy atom. The summed E-state index contributed by atoms with van der Waals surface area (Å²) >= 11 is 0. The highest BCUT2D eigenvalue weighted by atomic mass is 19.3. The van der Waals surface area contributed by atoms with Gasteiger partial charge in [-0.2, -0.15) is 5.10 Å². The molecule has 3 aliphatic heterocycles. The lowest BCUT2D eigenvalue weighted by atomic mass is 9.85. The van der Waals surface area contributed by atoms with E-state index in [0.29, 0.717) is 25.4 Å². The number of aromatic nitrogens is 2. The summed E-state index contributed by atoms with van der Waals surface area (Å²) in [5, 5.41) is 7.96. The molecule has 1 aromatic rings. The summed E-state index contributed by atoms with van der Waals surface area (Å²) in [5.41, 5.74) is 0.605. The molecule has 0 aliphatic carbocycles. The Hall–Kier alpha value is -1.70. The number of ether oxygens (including phenoxy) is 1. The fourth-order valence-electron chi connectivity index (χ4n) is 4.76. The minimum absolute atomic E-state index is 0.0634. The molecule has 2 saturated heterocycles. The quantitative estimate of drug-likeness (QED) is 0.827. The number of hydrogen-bond donors (Lipinski definition) is 1. The first-order valence-corrected chi connectivity index (χ1v) is 10.8. The van der Waals surface area contributed by atoms with E-state index in [1.54, 1.807) is 0 Å². The summed E-state index contributed by atoms with van der Waals surface area (Å²) in [5.74, 6) is 0.879. The maximum absolute atomic E-state index is 13.9. The molecule has 4 heterocycles. The zero-order valence-corrected chi connectivity index (χ0v) is 17.5. The van der Waals surface area contributed by atoms with Gasteiger partial charge in [-0.05, 0) is 38.0 Å². The predicted molar refractivity (Wildman–Crippen MR) is 106 cm³/mol. The summed E-state index contributed by atoms with van der Waals surface area (Å²) < 4.78 is 34.8. The van der Waals surface area contributed by atoms with Crippen LogP contribution in [-0.4, -0.2) is 58.9 Å². The largest absolute Gasteiger partial charge is 0.368 e. The van der Waals surface area contributed by atoms with E-state index in [-0.39, 0.29) is 29.4 Å². The topological polar surface area (TPSA) is 59.4 Å². The Morgan fingerprint density at radius 2 is 2.10 bits per heavy atom. The summed E-state index contributed by atoms with van der Waals surface area (Å²) in [6, 6.07) is 0.877. The minimum Gasteiger partial charge on any atom is -0.368 e. The van der Waals surface area contributed by atoms with Crippen molar-refractivity contribution < 1.29 is 18.3 Å². The Kier molecular flexibility index (Phi) is 5.57. The van der Waals surface area contributed by atoms with Crippen LogP contribution in [0.15, 0.2) is 6.07 Å². The molecule has 0 aromatic carbocycles. The van der Waals surface area contributed by atoms with Crippen molar-refractivity contribution in [3.05, 3.63) is 11.8 Å². The molecule has 0 spiro atoms. The fourth-order valence-corrected chi connectivity index (χ4v) is 4.76. The van der Waals surface area contributed by atoms with E-state index < -0.39 is 12.5 Å². The number of carbonyl (C=O) groups excluding carboxylic acids is 1. The van der Waals surface area contributed by atoms with Crippen molar-refractivity contribution in [2.24, 2.45) is 5.92 Å². The SMILES string of the molecule is CC(C)(C)c1cc2n(n1)[C@@H](C(F)F)C[C@@H]([C@H]1CCCN(C(=O)[C@H]3CCCO3)C1)N2. The lowest BCUT2D eigenvalue weighted by Crippen LogP contribution is -2.50. The average molecular weight is 411 g/mol. The van der Waals surface area contributed by atoms with Gasteiger partial charge in [-0.25, -0.2) is 13.5 Å². The molecule has 8 heteroatoms. The van der Waals surface area contributed by atoms with Gasteiger partial charge in [-0.3, -0.25) is 4.79 Å². The highest BCUT2D eigenvalue weighted by molar-refractivity contribution is 5.81. The van der Waals surface area contributed by atoms with E-state index in [4.69, 9.17) is 4.74 Å². The van der Waals surface area contributed by atoms with E-state index in [0.717, 1.165) is 37.9 Å². The van der Waals surface area contributed by atoms with Gasteiger partial charge < -0.3 is 15.0 Å². The molecule has 2 fully saturated rings. The van der Waals surface area contributed by atoms with E-state index >= 15 is 0 Å². The minimum atomic E-state index is -2.47. The lowest BCUT2D eigenvalue weighted by molar-refractivity contribution is -0.143. The van der Waals surface area contributed by atoms with Crippen molar-refractivity contribution in [1.29, 1.82) is 0 Å². The molecule has 4 rings (SSSR count). The second-order valence-electron chi connectivity index (χ2n) is 9.69. The number of amides is 1. The summed E-state index contributed by atoms with van der Waals surface area (Å²) in [7, 11) is 0. The summed E-state index contributed by atoms with van der Waals surface area (Å²) in [6.45, 7) is 8.08. The van der Waals surface area contributed by atoms with Crippen molar-refractivity contribution in [2.45, 2.75) is 82.9 Å². The molecular formula is C21H32F2N4O2. The van der Waals surface area contributed by atoms with Crippen LogP contribution in [0.25, 0.3) is 0 Å². The second kappa shape index (κ2) is 7.85. The van der Waals surface area contributed by atoms with Crippen LogP contribution < -0.4 is 5.32 Å². The number of rotatable bonds is 3. The Labute approximate surface area is 171 Å². The van der Waals surface area contributed by atoms with Gasteiger partial charge in [0.05, 0.1) is 5.69 Å². The molecule has 6 nitrogen and oxygen atoms in total. The van der Waals surface area contributed by atoms with Crippen molar-refractivity contribution in [3.63, 3.8) is 0 Å². The smallest absolute Gasteiger partial charge is 0.260 e. The predicted octanol–water partition coefficient (Wildman–Crippen LogP) is 3.59. The molecular weight excluding hydrogens is 378 g/mol. The van der Waals surface area contributed by atoms with Gasteiger partial charge >= 0.3 is 0 Å². The molecule has 4 atom stereocenters. The number of piperidine rings is 1. The van der Waals surface area contributed by atoms with Gasteiger partial charge in [0.15, 0.2) is 0 Å². The molecule has 162 valence electrons. The number of halogens is 2. The monoisotopic (exact) mass is 410 g/mol. The summed E-state index contributed by atoms with van der Waals surface area (Å²) in [4.78, 5) is 14.6. The van der Waals surface area contributed by atoms with E-state index in [1.165, 1.54) is 4.68 Å². The second-order valence-corrected chi connectivity index (χ2v) is 9.69. The number of nitrogens with one attached hydrogen (secondary N) is 1. The zero-order chi connectivity index (χ0) is 20.8. The van der Waals surface area contributed by atoms with Crippen LogP contribution in [0.5, 0.6) is 0 Å². The van der Waals surface area contributed by atoms with Gasteiger partial charge in [0.1, 0.15) is 18.0 Å². The van der Waals surface area contributed by atoms with Crippen LogP contribution in [0.4, 0.5) is 14.6 Å². The molecule has 1 amide bonds. The van der Waals surface area contributed by atoms with Crippen LogP contribution in [0.2, 0.25) is 0 Å². The third-order valence-electron chi connectivity index (χ3n) is 6.48. The van der Waals surface area contributed by atoms with Crippen LogP contribution >= 0.6 is 0 Å². The standard InChI is InChI=1S/C21H32F2N4O2/c1-21(2,3)17-11-18-24-14(10-15(19(22)23)27(18)25-17)13-6-4-8-26(12-13)20(28)16-7-5-9-29-16/h11,13-16,19,24H,4-10,12H2,1-3H3/t13-,14-,15+,16+/m0/s1. The molecule has 3 aliphatic rings. The lowest BCUT2D eigenvalue weighted by Gasteiger charge is -2.41. The van der Waals surface area contributed by atoms with Crippen molar-refractivity contribution in [2.75, 3.05) is 25.0 Å². The number of hydrogen-bond acceptors (Lipinski definition) is 4. The van der Waals surface area contributed by atoms with Gasteiger partial charge in [-0.15, -0.1) is 0 Å². The van der Waals surface area contributed by atoms with Gasteiger partial charge in [0, 0.05) is 37.2 Å². The van der Waals surface area contributed by atoms with E-state index in [1.807, 2.05) is 31.7 Å². The average Bonchev–Trinajstić information content (AvgIpc) is 3.36. The van der Waals surface area contributed by atoms with Crippen LogP contribution in [0, 0.1) is 5.92 Å². The first-order chi connectivity index (χ1) is 13.7. The number of carbonyl (C=O) groups is 1. The number of nitrogens with zero attached hydrogens (tertiary/aromatic N) is 3. The third kappa shape index (κ3) is 4.13.